The van der Waals surface area contributed by atoms with Crippen LogP contribution in [0.15, 0.2) is 24.3 Å². The molecule has 116 valence electrons. The minimum atomic E-state index is -4.35. The molecule has 0 bridgehead atoms. The topological polar surface area (TPSA) is 40.5 Å². The number of hydrogen-bond donors (Lipinski definition) is 1. The van der Waals surface area contributed by atoms with E-state index in [1.165, 1.54) is 12.1 Å². The van der Waals surface area contributed by atoms with Gasteiger partial charge in [-0.15, -0.1) is 0 Å². The summed E-state index contributed by atoms with van der Waals surface area (Å²) in [7, 11) is 0. The van der Waals surface area contributed by atoms with Gasteiger partial charge in [-0.3, -0.25) is 9.69 Å². The van der Waals surface area contributed by atoms with Crippen molar-refractivity contribution >= 4 is 5.97 Å². The van der Waals surface area contributed by atoms with Gasteiger partial charge in [0.2, 0.25) is 0 Å². The summed E-state index contributed by atoms with van der Waals surface area (Å²) in [6, 6.07) is 4.32. The molecule has 1 fully saturated rings. The monoisotopic (exact) mass is 301 g/mol. The first-order valence-electron chi connectivity index (χ1n) is 7.00. The molecule has 1 aromatic carbocycles. The number of alkyl halides is 3. The molecule has 0 radical (unpaired) electrons. The van der Waals surface area contributed by atoms with Gasteiger partial charge in [-0.1, -0.05) is 19.1 Å². The summed E-state index contributed by atoms with van der Waals surface area (Å²) < 4.78 is 37.7. The first kappa shape index (κ1) is 15.8. The van der Waals surface area contributed by atoms with Crippen LogP contribution in [0.4, 0.5) is 13.2 Å². The lowest BCUT2D eigenvalue weighted by Crippen LogP contribution is -2.38. The fraction of sp³-hybridized carbons (Fsp3) is 0.533. The molecular formula is C15H18F3NO2. The molecule has 1 heterocycles. The molecule has 1 aromatic rings. The lowest BCUT2D eigenvalue weighted by Gasteiger charge is -2.31. The number of carboxylic acids is 1. The Morgan fingerprint density at radius 1 is 1.38 bits per heavy atom. The van der Waals surface area contributed by atoms with Crippen LogP contribution in [-0.4, -0.2) is 28.6 Å². The van der Waals surface area contributed by atoms with E-state index in [9.17, 15) is 23.1 Å². The Morgan fingerprint density at radius 2 is 2.00 bits per heavy atom. The van der Waals surface area contributed by atoms with E-state index in [-0.39, 0.29) is 6.04 Å². The van der Waals surface area contributed by atoms with Crippen LogP contribution in [0.1, 0.15) is 43.4 Å². The molecule has 1 N–H and O–H groups in total. The number of benzene rings is 1. The molecular weight excluding hydrogens is 283 g/mol. The van der Waals surface area contributed by atoms with Crippen molar-refractivity contribution in [3.63, 3.8) is 0 Å². The maximum atomic E-state index is 12.6. The van der Waals surface area contributed by atoms with E-state index in [1.54, 1.807) is 0 Å². The number of nitrogens with zero attached hydrogens (tertiary/aromatic N) is 1. The van der Waals surface area contributed by atoms with Crippen molar-refractivity contribution in [2.75, 3.05) is 6.54 Å². The molecule has 2 atom stereocenters. The summed E-state index contributed by atoms with van der Waals surface area (Å²) in [5.74, 6) is -0.863. The van der Waals surface area contributed by atoms with Crippen LogP contribution >= 0.6 is 0 Å². The van der Waals surface area contributed by atoms with Gasteiger partial charge in [-0.05, 0) is 43.5 Å². The third kappa shape index (κ3) is 3.37. The van der Waals surface area contributed by atoms with E-state index in [2.05, 4.69) is 0 Å². The van der Waals surface area contributed by atoms with E-state index >= 15 is 0 Å². The molecule has 6 heteroatoms. The number of hydrogen-bond acceptors (Lipinski definition) is 2. The van der Waals surface area contributed by atoms with Gasteiger partial charge in [0, 0.05) is 6.04 Å². The number of aliphatic carboxylic acids is 1. The average Bonchev–Trinajstić information content (AvgIpc) is 2.88. The number of carbonyl (C=O) groups is 1. The fourth-order valence-corrected chi connectivity index (χ4v) is 2.98. The van der Waals surface area contributed by atoms with Crippen LogP contribution in [0.5, 0.6) is 0 Å². The highest BCUT2D eigenvalue weighted by molar-refractivity contribution is 5.73. The molecule has 21 heavy (non-hydrogen) atoms. The van der Waals surface area contributed by atoms with Crippen LogP contribution < -0.4 is 0 Å². The zero-order valence-corrected chi connectivity index (χ0v) is 11.7. The Bertz CT molecular complexity index is 499. The summed E-state index contributed by atoms with van der Waals surface area (Å²) in [6.45, 7) is 2.58. The van der Waals surface area contributed by atoms with Crippen LogP contribution in [0.2, 0.25) is 0 Å². The maximum absolute atomic E-state index is 12.6. The van der Waals surface area contributed by atoms with Gasteiger partial charge in [0.15, 0.2) is 0 Å². The largest absolute Gasteiger partial charge is 0.480 e. The quantitative estimate of drug-likeness (QED) is 0.921. The van der Waals surface area contributed by atoms with Gasteiger partial charge in [0.25, 0.3) is 0 Å². The second-order valence-electron chi connectivity index (χ2n) is 5.28. The molecule has 1 aliphatic heterocycles. The molecule has 0 amide bonds. The molecule has 1 aliphatic rings. The Labute approximate surface area is 121 Å². The van der Waals surface area contributed by atoms with Crippen molar-refractivity contribution in [2.24, 2.45) is 0 Å². The SMILES string of the molecule is CCC(c1ccc(C(F)(F)F)cc1)N1CCCC1C(=O)O. The number of likely N-dealkylation sites (tertiary alicyclic amines) is 1. The average molecular weight is 301 g/mol. The highest BCUT2D eigenvalue weighted by atomic mass is 19.4. The summed E-state index contributed by atoms with van der Waals surface area (Å²) >= 11 is 0. The van der Waals surface area contributed by atoms with E-state index in [0.717, 1.165) is 24.1 Å². The predicted molar refractivity (Wildman–Crippen MR) is 71.8 cm³/mol. The third-order valence-electron chi connectivity index (χ3n) is 3.99. The molecule has 3 nitrogen and oxygen atoms in total. The van der Waals surface area contributed by atoms with Crippen LogP contribution in [0, 0.1) is 0 Å². The zero-order chi connectivity index (χ0) is 15.6. The van der Waals surface area contributed by atoms with Gasteiger partial charge >= 0.3 is 12.1 Å². The first-order chi connectivity index (χ1) is 9.84. The maximum Gasteiger partial charge on any atom is 0.416 e. The van der Waals surface area contributed by atoms with Crippen molar-refractivity contribution in [1.29, 1.82) is 0 Å². The molecule has 2 rings (SSSR count). The molecule has 0 aromatic heterocycles. The normalized spacial score (nSPS) is 21.4. The van der Waals surface area contributed by atoms with E-state index in [4.69, 9.17) is 0 Å². The predicted octanol–water partition coefficient (Wildman–Crippen LogP) is 3.71. The Morgan fingerprint density at radius 3 is 2.48 bits per heavy atom. The Hall–Kier alpha value is -1.56. The van der Waals surface area contributed by atoms with Crippen molar-refractivity contribution in [3.8, 4) is 0 Å². The molecule has 2 unspecified atom stereocenters. The lowest BCUT2D eigenvalue weighted by molar-refractivity contribution is -0.143. The standard InChI is InChI=1S/C15H18F3NO2/c1-2-12(19-9-3-4-13(19)14(20)21)10-5-7-11(8-6-10)15(16,17)18/h5-8,12-13H,2-4,9H2,1H3,(H,20,21). The highest BCUT2D eigenvalue weighted by Gasteiger charge is 2.36. The highest BCUT2D eigenvalue weighted by Crippen LogP contribution is 2.34. The third-order valence-corrected chi connectivity index (χ3v) is 3.99. The number of carboxylic acid groups (broad SMARTS) is 1. The van der Waals surface area contributed by atoms with Crippen molar-refractivity contribution < 1.29 is 23.1 Å². The Kier molecular flexibility index (Phi) is 4.56. The minimum Gasteiger partial charge on any atom is -0.480 e. The number of halogens is 3. The fourth-order valence-electron chi connectivity index (χ4n) is 2.98. The van der Waals surface area contributed by atoms with E-state index in [1.807, 2.05) is 11.8 Å². The van der Waals surface area contributed by atoms with Gasteiger partial charge < -0.3 is 5.11 Å². The molecule has 0 spiro atoms. The van der Waals surface area contributed by atoms with Gasteiger partial charge in [0.1, 0.15) is 6.04 Å². The molecule has 0 saturated carbocycles. The van der Waals surface area contributed by atoms with Crippen LogP contribution in [0.3, 0.4) is 0 Å². The second-order valence-corrected chi connectivity index (χ2v) is 5.28. The second kappa shape index (κ2) is 6.05. The zero-order valence-electron chi connectivity index (χ0n) is 11.7. The molecule has 0 aliphatic carbocycles. The van der Waals surface area contributed by atoms with Crippen molar-refractivity contribution in [3.05, 3.63) is 35.4 Å². The van der Waals surface area contributed by atoms with E-state index < -0.39 is 23.8 Å². The van der Waals surface area contributed by atoms with Crippen LogP contribution in [-0.2, 0) is 11.0 Å². The summed E-state index contributed by atoms with van der Waals surface area (Å²) in [4.78, 5) is 13.1. The minimum absolute atomic E-state index is 0.157. The summed E-state index contributed by atoms with van der Waals surface area (Å²) in [6.07, 6.45) is -2.30. The van der Waals surface area contributed by atoms with Crippen LogP contribution in [0.25, 0.3) is 0 Å². The molecule has 1 saturated heterocycles. The van der Waals surface area contributed by atoms with Gasteiger partial charge in [-0.25, -0.2) is 0 Å². The number of rotatable bonds is 4. The summed E-state index contributed by atoms with van der Waals surface area (Å²) in [5.41, 5.74) is 0.0518. The lowest BCUT2D eigenvalue weighted by atomic mass is 10.00. The first-order valence-corrected chi connectivity index (χ1v) is 7.00. The Balaban J connectivity index is 2.23. The van der Waals surface area contributed by atoms with E-state index in [0.29, 0.717) is 19.4 Å². The van der Waals surface area contributed by atoms with Gasteiger partial charge in [0.05, 0.1) is 5.56 Å². The van der Waals surface area contributed by atoms with Crippen molar-refractivity contribution in [1.82, 2.24) is 4.90 Å². The summed E-state index contributed by atoms with van der Waals surface area (Å²) in [5, 5.41) is 9.24. The van der Waals surface area contributed by atoms with Gasteiger partial charge in [-0.2, -0.15) is 13.2 Å². The van der Waals surface area contributed by atoms with Crippen molar-refractivity contribution in [2.45, 2.75) is 44.4 Å². The smallest absolute Gasteiger partial charge is 0.416 e.